The molecule has 1 amide bonds. The molecule has 3 rings (SSSR count). The first kappa shape index (κ1) is 16.5. The Labute approximate surface area is 142 Å². The molecule has 24 heavy (non-hydrogen) atoms. The molecular weight excluding hydrogens is 304 g/mol. The summed E-state index contributed by atoms with van der Waals surface area (Å²) >= 11 is 0. The predicted molar refractivity (Wildman–Crippen MR) is 94.9 cm³/mol. The highest BCUT2D eigenvalue weighted by Crippen LogP contribution is 2.20. The number of nitrogens with zero attached hydrogens (tertiary/aromatic N) is 1. The molecule has 1 aliphatic heterocycles. The molecule has 1 fully saturated rings. The van der Waals surface area contributed by atoms with E-state index >= 15 is 0 Å². The largest absolute Gasteiger partial charge is 0.430 e. The fourth-order valence-electron chi connectivity index (χ4n) is 2.77. The highest BCUT2D eigenvalue weighted by molar-refractivity contribution is 5.84. The average Bonchev–Trinajstić information content (AvgIpc) is 2.99. The highest BCUT2D eigenvalue weighted by Gasteiger charge is 2.26. The summed E-state index contributed by atoms with van der Waals surface area (Å²) in [6.45, 7) is 5.48. The molecule has 1 saturated heterocycles. The number of fused-ring (bicyclic) bond motifs is 1. The summed E-state index contributed by atoms with van der Waals surface area (Å²) in [6.07, 6.45) is 3.78. The Hall–Kier alpha value is -2.34. The molecule has 1 aliphatic rings. The minimum absolute atomic E-state index is 0.229. The van der Waals surface area contributed by atoms with Gasteiger partial charge in [0.15, 0.2) is 6.23 Å². The smallest absolute Gasteiger partial charge is 0.408 e. The van der Waals surface area contributed by atoms with Crippen LogP contribution in [0.3, 0.4) is 0 Å². The summed E-state index contributed by atoms with van der Waals surface area (Å²) in [6, 6.07) is 8.44. The SMILES string of the molecule is CC(C)CNC(=O)O[C@H]1C[C@H](Nc2ccc3cnccc3c2)CN1. The van der Waals surface area contributed by atoms with Crippen LogP contribution in [0.5, 0.6) is 0 Å². The van der Waals surface area contributed by atoms with Crippen LogP contribution >= 0.6 is 0 Å². The van der Waals surface area contributed by atoms with Crippen LogP contribution in [-0.4, -0.2) is 36.4 Å². The number of anilines is 1. The molecular formula is C18H24N4O2. The van der Waals surface area contributed by atoms with Crippen LogP contribution in [-0.2, 0) is 4.74 Å². The van der Waals surface area contributed by atoms with Crippen molar-refractivity contribution in [3.8, 4) is 0 Å². The Morgan fingerprint density at radius 1 is 1.38 bits per heavy atom. The molecule has 0 unspecified atom stereocenters. The third-order valence-corrected chi connectivity index (χ3v) is 4.01. The van der Waals surface area contributed by atoms with Crippen molar-refractivity contribution >= 4 is 22.6 Å². The van der Waals surface area contributed by atoms with Crippen LogP contribution in [0.2, 0.25) is 0 Å². The Balaban J connectivity index is 1.51. The summed E-state index contributed by atoms with van der Waals surface area (Å²) < 4.78 is 5.39. The molecule has 3 N–H and O–H groups in total. The van der Waals surface area contributed by atoms with Crippen LogP contribution < -0.4 is 16.0 Å². The lowest BCUT2D eigenvalue weighted by Crippen LogP contribution is -2.35. The van der Waals surface area contributed by atoms with E-state index in [1.807, 2.05) is 32.2 Å². The molecule has 0 spiro atoms. The maximum absolute atomic E-state index is 11.7. The van der Waals surface area contributed by atoms with E-state index in [0.29, 0.717) is 12.5 Å². The van der Waals surface area contributed by atoms with Gasteiger partial charge in [-0.1, -0.05) is 19.9 Å². The normalized spacial score (nSPS) is 20.3. The molecule has 0 radical (unpaired) electrons. The quantitative estimate of drug-likeness (QED) is 0.787. The number of nitrogens with one attached hydrogen (secondary N) is 3. The molecule has 2 heterocycles. The first-order chi connectivity index (χ1) is 11.6. The maximum Gasteiger partial charge on any atom is 0.408 e. The summed E-state index contributed by atoms with van der Waals surface area (Å²) in [5.74, 6) is 0.409. The van der Waals surface area contributed by atoms with E-state index in [-0.39, 0.29) is 18.4 Å². The number of aromatic nitrogens is 1. The van der Waals surface area contributed by atoms with Crippen LogP contribution in [0.1, 0.15) is 20.3 Å². The van der Waals surface area contributed by atoms with Crippen molar-refractivity contribution in [1.82, 2.24) is 15.6 Å². The number of ether oxygens (including phenoxy) is 1. The van der Waals surface area contributed by atoms with Gasteiger partial charge in [0.2, 0.25) is 0 Å². The van der Waals surface area contributed by atoms with E-state index in [4.69, 9.17) is 4.74 Å². The number of hydrogen-bond acceptors (Lipinski definition) is 5. The number of carbonyl (C=O) groups is 1. The van der Waals surface area contributed by atoms with Gasteiger partial charge in [0.25, 0.3) is 0 Å². The number of alkyl carbamates (subject to hydrolysis) is 1. The van der Waals surface area contributed by atoms with Crippen molar-refractivity contribution in [3.63, 3.8) is 0 Å². The second-order valence-corrected chi connectivity index (χ2v) is 6.59. The maximum atomic E-state index is 11.7. The fourth-order valence-corrected chi connectivity index (χ4v) is 2.77. The first-order valence-corrected chi connectivity index (χ1v) is 8.38. The number of carbonyl (C=O) groups excluding carboxylic acids is 1. The van der Waals surface area contributed by atoms with Crippen LogP contribution in [0, 0.1) is 5.92 Å². The van der Waals surface area contributed by atoms with Gasteiger partial charge in [0.05, 0.1) is 0 Å². The fraction of sp³-hybridized carbons (Fsp3) is 0.444. The molecule has 6 heteroatoms. The summed E-state index contributed by atoms with van der Waals surface area (Å²) in [5.41, 5.74) is 1.06. The molecule has 6 nitrogen and oxygen atoms in total. The lowest BCUT2D eigenvalue weighted by atomic mass is 10.1. The lowest BCUT2D eigenvalue weighted by Gasteiger charge is -2.15. The van der Waals surface area contributed by atoms with E-state index in [9.17, 15) is 4.79 Å². The third-order valence-electron chi connectivity index (χ3n) is 4.01. The van der Waals surface area contributed by atoms with Crippen LogP contribution in [0.15, 0.2) is 36.7 Å². The summed E-state index contributed by atoms with van der Waals surface area (Å²) in [5, 5.41) is 11.8. The average molecular weight is 328 g/mol. The van der Waals surface area contributed by atoms with Gasteiger partial charge in [0, 0.05) is 49.0 Å². The monoisotopic (exact) mass is 328 g/mol. The van der Waals surface area contributed by atoms with Crippen molar-refractivity contribution in [2.75, 3.05) is 18.4 Å². The van der Waals surface area contributed by atoms with Gasteiger partial charge in [-0.2, -0.15) is 0 Å². The Bertz CT molecular complexity index is 704. The van der Waals surface area contributed by atoms with Crippen molar-refractivity contribution in [3.05, 3.63) is 36.7 Å². The van der Waals surface area contributed by atoms with Gasteiger partial charge in [0.1, 0.15) is 0 Å². The lowest BCUT2D eigenvalue weighted by molar-refractivity contribution is 0.0885. The summed E-state index contributed by atoms with van der Waals surface area (Å²) in [4.78, 5) is 15.8. The van der Waals surface area contributed by atoms with E-state index in [1.165, 1.54) is 0 Å². The third kappa shape index (κ3) is 4.35. The zero-order valence-electron chi connectivity index (χ0n) is 14.1. The van der Waals surface area contributed by atoms with Crippen LogP contribution in [0.4, 0.5) is 10.5 Å². The van der Waals surface area contributed by atoms with Gasteiger partial charge < -0.3 is 15.4 Å². The molecule has 1 aromatic carbocycles. The van der Waals surface area contributed by atoms with E-state index in [1.54, 1.807) is 6.20 Å². The van der Waals surface area contributed by atoms with Crippen molar-refractivity contribution in [2.45, 2.75) is 32.5 Å². The Kier molecular flexibility index (Phi) is 5.15. The van der Waals surface area contributed by atoms with Gasteiger partial charge >= 0.3 is 6.09 Å². The second-order valence-electron chi connectivity index (χ2n) is 6.59. The number of amides is 1. The van der Waals surface area contributed by atoms with Crippen molar-refractivity contribution in [2.24, 2.45) is 5.92 Å². The van der Waals surface area contributed by atoms with Gasteiger partial charge in [-0.25, -0.2) is 4.79 Å². The second kappa shape index (κ2) is 7.49. The zero-order valence-corrected chi connectivity index (χ0v) is 14.1. The van der Waals surface area contributed by atoms with Gasteiger partial charge in [-0.05, 0) is 29.5 Å². The number of benzene rings is 1. The number of pyridine rings is 1. The number of rotatable bonds is 5. The minimum atomic E-state index is -0.361. The van der Waals surface area contributed by atoms with Gasteiger partial charge in [-0.3, -0.25) is 10.3 Å². The number of hydrogen-bond donors (Lipinski definition) is 3. The molecule has 0 saturated carbocycles. The zero-order chi connectivity index (χ0) is 16.9. The summed E-state index contributed by atoms with van der Waals surface area (Å²) in [7, 11) is 0. The Morgan fingerprint density at radius 3 is 3.08 bits per heavy atom. The predicted octanol–water partition coefficient (Wildman–Crippen LogP) is 2.72. The van der Waals surface area contributed by atoms with Crippen molar-refractivity contribution < 1.29 is 9.53 Å². The molecule has 2 aromatic rings. The topological polar surface area (TPSA) is 75.3 Å². The van der Waals surface area contributed by atoms with E-state index < -0.39 is 0 Å². The standard InChI is InChI=1S/C18H24N4O2/c1-12(2)9-21-18(23)24-17-8-16(11-20-17)22-15-4-3-14-10-19-6-5-13(14)7-15/h3-7,10,12,16-17,20,22H,8-9,11H2,1-2H3,(H,21,23)/t16-,17-/m0/s1. The van der Waals surface area contributed by atoms with Crippen LogP contribution in [0.25, 0.3) is 10.8 Å². The first-order valence-electron chi connectivity index (χ1n) is 8.38. The molecule has 0 bridgehead atoms. The molecule has 0 aliphatic carbocycles. The van der Waals surface area contributed by atoms with E-state index in [2.05, 4.69) is 33.1 Å². The van der Waals surface area contributed by atoms with Crippen molar-refractivity contribution in [1.29, 1.82) is 0 Å². The molecule has 1 aromatic heterocycles. The van der Waals surface area contributed by atoms with Gasteiger partial charge in [-0.15, -0.1) is 0 Å². The minimum Gasteiger partial charge on any atom is -0.430 e. The van der Waals surface area contributed by atoms with E-state index in [0.717, 1.165) is 29.4 Å². The molecule has 2 atom stereocenters. The highest BCUT2D eigenvalue weighted by atomic mass is 16.6. The molecule has 128 valence electrons. The Morgan fingerprint density at radius 2 is 2.25 bits per heavy atom.